The van der Waals surface area contributed by atoms with E-state index in [4.69, 9.17) is 23.2 Å². The van der Waals surface area contributed by atoms with Crippen molar-refractivity contribution in [1.82, 2.24) is 0 Å². The van der Waals surface area contributed by atoms with Gasteiger partial charge in [0, 0.05) is 16.7 Å². The zero-order valence-corrected chi connectivity index (χ0v) is 20.4. The third-order valence-corrected chi connectivity index (χ3v) is 9.38. The number of hydrogen-bond donors (Lipinski definition) is 0. The number of rotatable bonds is 3. The lowest BCUT2D eigenvalue weighted by Crippen LogP contribution is -2.30. The van der Waals surface area contributed by atoms with Crippen molar-refractivity contribution in [2.45, 2.75) is 31.1 Å². The van der Waals surface area contributed by atoms with E-state index >= 15 is 0 Å². The minimum atomic E-state index is 0.155. The Kier molecular flexibility index (Phi) is 4.63. The van der Waals surface area contributed by atoms with Crippen LogP contribution in [0.5, 0.6) is 0 Å². The van der Waals surface area contributed by atoms with Gasteiger partial charge in [-0.2, -0.15) is 0 Å². The molecule has 0 radical (unpaired) electrons. The van der Waals surface area contributed by atoms with Gasteiger partial charge in [0.15, 0.2) is 0 Å². The van der Waals surface area contributed by atoms with Crippen molar-refractivity contribution in [3.63, 3.8) is 0 Å². The summed E-state index contributed by atoms with van der Waals surface area (Å²) >= 11 is 13.4. The zero-order chi connectivity index (χ0) is 22.9. The summed E-state index contributed by atoms with van der Waals surface area (Å²) in [5.41, 5.74) is 9.09. The standard InChI is InChI=1S/C31H25Cl2N/c32-26-13-7-15-28(30(26)33)34(22-8-2-1-3-9-22)27-14-6-12-25-29(27)23-10-4-5-11-24(23)31(25)20-16-17-21(31)19-18-20/h1-15,20-21H,16-19H2. The molecule has 1 nitrogen and oxygen atoms in total. The second-order valence-corrected chi connectivity index (χ2v) is 10.7. The molecule has 0 aliphatic heterocycles. The van der Waals surface area contributed by atoms with Gasteiger partial charge in [0.1, 0.15) is 0 Å². The first-order valence-corrected chi connectivity index (χ1v) is 13.0. The topological polar surface area (TPSA) is 3.24 Å². The van der Waals surface area contributed by atoms with E-state index in [-0.39, 0.29) is 5.41 Å². The molecule has 0 N–H and O–H groups in total. The van der Waals surface area contributed by atoms with Gasteiger partial charge in [0.05, 0.1) is 21.4 Å². The van der Waals surface area contributed by atoms with Crippen LogP contribution in [0.15, 0.2) is 91.0 Å². The van der Waals surface area contributed by atoms with Gasteiger partial charge < -0.3 is 4.90 Å². The third kappa shape index (κ3) is 2.63. The molecule has 0 amide bonds. The first kappa shape index (κ1) is 20.6. The quantitative estimate of drug-likeness (QED) is 0.281. The summed E-state index contributed by atoms with van der Waals surface area (Å²) < 4.78 is 0. The van der Waals surface area contributed by atoms with Crippen LogP contribution in [0.3, 0.4) is 0 Å². The first-order chi connectivity index (χ1) is 16.7. The van der Waals surface area contributed by atoms with E-state index in [2.05, 4.69) is 83.8 Å². The van der Waals surface area contributed by atoms with Crippen molar-refractivity contribution >= 4 is 40.3 Å². The average molecular weight is 482 g/mol. The van der Waals surface area contributed by atoms with Crippen LogP contribution in [0.25, 0.3) is 11.1 Å². The highest BCUT2D eigenvalue weighted by Gasteiger charge is 2.60. The monoisotopic (exact) mass is 481 g/mol. The number of para-hydroxylation sites is 1. The van der Waals surface area contributed by atoms with Gasteiger partial charge in [-0.15, -0.1) is 0 Å². The zero-order valence-electron chi connectivity index (χ0n) is 18.8. The van der Waals surface area contributed by atoms with Crippen molar-refractivity contribution < 1.29 is 0 Å². The summed E-state index contributed by atoms with van der Waals surface area (Å²) in [7, 11) is 0. The lowest BCUT2D eigenvalue weighted by molar-refractivity contribution is 0.400. The largest absolute Gasteiger partial charge is 0.308 e. The molecule has 0 atom stereocenters. The summed E-state index contributed by atoms with van der Waals surface area (Å²) in [4.78, 5) is 2.29. The predicted octanol–water partition coefficient (Wildman–Crippen LogP) is 9.55. The minimum Gasteiger partial charge on any atom is -0.308 e. The molecule has 4 aromatic carbocycles. The highest BCUT2D eigenvalue weighted by atomic mass is 35.5. The van der Waals surface area contributed by atoms with Crippen LogP contribution in [0.4, 0.5) is 17.1 Å². The highest BCUT2D eigenvalue weighted by molar-refractivity contribution is 6.44. The van der Waals surface area contributed by atoms with Crippen molar-refractivity contribution in [3.8, 4) is 11.1 Å². The van der Waals surface area contributed by atoms with Gasteiger partial charge in [-0.1, -0.05) is 83.9 Å². The molecule has 0 heterocycles. The van der Waals surface area contributed by atoms with Crippen LogP contribution < -0.4 is 4.90 Å². The van der Waals surface area contributed by atoms with Gasteiger partial charge in [-0.05, 0) is 84.5 Å². The molecular formula is C31H25Cl2N. The number of hydrogen-bond acceptors (Lipinski definition) is 1. The molecule has 4 aromatic rings. The van der Waals surface area contributed by atoms with E-state index in [9.17, 15) is 0 Å². The first-order valence-electron chi connectivity index (χ1n) is 12.2. The van der Waals surface area contributed by atoms with E-state index in [0.717, 1.165) is 23.2 Å². The fourth-order valence-corrected chi connectivity index (χ4v) is 7.81. The van der Waals surface area contributed by atoms with Crippen molar-refractivity contribution in [1.29, 1.82) is 0 Å². The van der Waals surface area contributed by atoms with Crippen molar-refractivity contribution in [2.24, 2.45) is 11.8 Å². The Bertz CT molecular complexity index is 1390. The number of nitrogens with zero attached hydrogens (tertiary/aromatic N) is 1. The van der Waals surface area contributed by atoms with E-state index in [1.165, 1.54) is 53.6 Å². The Morgan fingerprint density at radius 2 is 1.24 bits per heavy atom. The summed E-state index contributed by atoms with van der Waals surface area (Å²) in [6.45, 7) is 0. The van der Waals surface area contributed by atoms with Crippen LogP contribution in [0.2, 0.25) is 10.0 Å². The van der Waals surface area contributed by atoms with Crippen LogP contribution in [-0.2, 0) is 5.41 Å². The maximum atomic E-state index is 6.84. The Morgan fingerprint density at radius 3 is 2.00 bits per heavy atom. The summed E-state index contributed by atoms with van der Waals surface area (Å²) in [5, 5.41) is 1.14. The van der Waals surface area contributed by atoms with E-state index in [1.807, 2.05) is 12.1 Å². The maximum Gasteiger partial charge on any atom is 0.0832 e. The van der Waals surface area contributed by atoms with Gasteiger partial charge >= 0.3 is 0 Å². The predicted molar refractivity (Wildman–Crippen MR) is 143 cm³/mol. The average Bonchev–Trinajstić information content (AvgIpc) is 3.53. The Morgan fingerprint density at radius 1 is 0.618 bits per heavy atom. The SMILES string of the molecule is Clc1cccc(N(c2ccccc2)c2cccc3c2-c2ccccc2C32C3CCC2CC3)c1Cl. The molecule has 2 fully saturated rings. The van der Waals surface area contributed by atoms with E-state index in [0.29, 0.717) is 10.0 Å². The van der Waals surface area contributed by atoms with Crippen LogP contribution in [-0.4, -0.2) is 0 Å². The second kappa shape index (κ2) is 7.63. The molecule has 0 aromatic heterocycles. The molecule has 3 heteroatoms. The highest BCUT2D eigenvalue weighted by Crippen LogP contribution is 2.69. The Balaban J connectivity index is 1.55. The second-order valence-electron chi connectivity index (χ2n) is 9.91. The van der Waals surface area contributed by atoms with Gasteiger partial charge in [0.25, 0.3) is 0 Å². The maximum absolute atomic E-state index is 6.84. The molecular weight excluding hydrogens is 457 g/mol. The molecule has 2 saturated carbocycles. The molecule has 0 saturated heterocycles. The Hall–Kier alpha value is -2.74. The number of halogens is 2. The van der Waals surface area contributed by atoms with Gasteiger partial charge in [-0.25, -0.2) is 0 Å². The lowest BCUT2D eigenvalue weighted by Gasteiger charge is -2.34. The minimum absolute atomic E-state index is 0.155. The van der Waals surface area contributed by atoms with E-state index < -0.39 is 0 Å². The fourth-order valence-electron chi connectivity index (χ4n) is 7.43. The van der Waals surface area contributed by atoms with E-state index in [1.54, 1.807) is 0 Å². The van der Waals surface area contributed by atoms with Crippen LogP contribution in [0, 0.1) is 11.8 Å². The number of anilines is 3. The normalized spacial score (nSPS) is 23.8. The van der Waals surface area contributed by atoms with Gasteiger partial charge in [0.2, 0.25) is 0 Å². The molecule has 34 heavy (non-hydrogen) atoms. The summed E-state index contributed by atoms with van der Waals surface area (Å²) in [6, 6.07) is 32.4. The molecule has 3 aliphatic rings. The Labute approximate surface area is 211 Å². The molecule has 1 spiro atoms. The van der Waals surface area contributed by atoms with Crippen LogP contribution in [0.1, 0.15) is 36.8 Å². The molecule has 2 bridgehead atoms. The third-order valence-electron chi connectivity index (χ3n) is 8.57. The van der Waals surface area contributed by atoms with Crippen LogP contribution >= 0.6 is 23.2 Å². The number of fused-ring (bicyclic) bond motifs is 3. The molecule has 168 valence electrons. The molecule has 3 aliphatic carbocycles. The smallest absolute Gasteiger partial charge is 0.0832 e. The molecule has 7 rings (SSSR count). The number of benzene rings is 4. The van der Waals surface area contributed by atoms with Crippen molar-refractivity contribution in [2.75, 3.05) is 4.90 Å². The summed E-state index contributed by atoms with van der Waals surface area (Å²) in [6.07, 6.45) is 5.35. The van der Waals surface area contributed by atoms with Crippen molar-refractivity contribution in [3.05, 3.63) is 112 Å². The van der Waals surface area contributed by atoms with Gasteiger partial charge in [-0.3, -0.25) is 0 Å². The lowest BCUT2D eigenvalue weighted by atomic mass is 9.70. The summed E-state index contributed by atoms with van der Waals surface area (Å²) in [5.74, 6) is 1.46. The molecule has 0 unspecified atom stereocenters. The fraction of sp³-hybridized carbons (Fsp3) is 0.226.